The molecular formula is C23H17N3O3. The van der Waals surface area contributed by atoms with E-state index in [9.17, 15) is 9.59 Å². The fourth-order valence-electron chi connectivity index (χ4n) is 2.98. The highest BCUT2D eigenvalue weighted by molar-refractivity contribution is 6.24. The molecule has 2 aromatic heterocycles. The summed E-state index contributed by atoms with van der Waals surface area (Å²) >= 11 is 0. The van der Waals surface area contributed by atoms with Gasteiger partial charge in [-0.3, -0.25) is 4.79 Å². The van der Waals surface area contributed by atoms with Gasteiger partial charge in [-0.25, -0.2) is 4.79 Å². The minimum Gasteiger partial charge on any atom is -0.404 e. The van der Waals surface area contributed by atoms with Crippen LogP contribution in [0.5, 0.6) is 5.88 Å². The van der Waals surface area contributed by atoms with Crippen LogP contribution in [0.3, 0.4) is 0 Å². The van der Waals surface area contributed by atoms with E-state index in [1.807, 2.05) is 36.4 Å². The fraction of sp³-hybridized carbons (Fsp3) is 0. The molecule has 0 atom stereocenters. The monoisotopic (exact) mass is 383 g/mol. The third kappa shape index (κ3) is 3.91. The first-order valence-electron chi connectivity index (χ1n) is 8.94. The summed E-state index contributed by atoms with van der Waals surface area (Å²) in [6, 6.07) is 21.3. The van der Waals surface area contributed by atoms with E-state index in [1.54, 1.807) is 48.7 Å². The van der Waals surface area contributed by atoms with Gasteiger partial charge in [-0.1, -0.05) is 48.5 Å². The molecule has 0 radical (unpaired) electrons. The van der Waals surface area contributed by atoms with E-state index >= 15 is 0 Å². The van der Waals surface area contributed by atoms with Crippen molar-refractivity contribution in [3.8, 4) is 5.88 Å². The molecule has 0 aliphatic heterocycles. The maximum Gasteiger partial charge on any atom is 0.344 e. The Labute approximate surface area is 166 Å². The second-order valence-corrected chi connectivity index (χ2v) is 6.33. The number of hydrogen-bond donors (Lipinski definition) is 2. The van der Waals surface area contributed by atoms with E-state index < -0.39 is 11.9 Å². The second-order valence-electron chi connectivity index (χ2n) is 6.33. The van der Waals surface area contributed by atoms with E-state index in [1.165, 1.54) is 0 Å². The number of fused-ring (bicyclic) bond motifs is 1. The highest BCUT2D eigenvalue weighted by atomic mass is 16.5. The number of carbonyl (C=O) groups is 2. The molecule has 6 heteroatoms. The Balaban J connectivity index is 1.65. The Hall–Kier alpha value is -4.19. The summed E-state index contributed by atoms with van der Waals surface area (Å²) in [5.74, 6) is -0.821. The topological polar surface area (TPSA) is 98.1 Å². The van der Waals surface area contributed by atoms with Crippen molar-refractivity contribution >= 4 is 34.6 Å². The minimum atomic E-state index is -0.521. The van der Waals surface area contributed by atoms with Crippen LogP contribution in [0.4, 0.5) is 0 Å². The van der Waals surface area contributed by atoms with Crippen LogP contribution in [0.15, 0.2) is 79.0 Å². The van der Waals surface area contributed by atoms with Gasteiger partial charge in [0.05, 0.1) is 5.56 Å². The van der Waals surface area contributed by atoms with Crippen molar-refractivity contribution in [2.45, 2.75) is 0 Å². The predicted octanol–water partition coefficient (Wildman–Crippen LogP) is 3.81. The maximum absolute atomic E-state index is 12.2. The third-order valence-electron chi connectivity index (χ3n) is 4.40. The molecule has 3 N–H and O–H groups in total. The number of nitrogens with two attached hydrogens (primary N) is 1. The van der Waals surface area contributed by atoms with Crippen molar-refractivity contribution in [1.29, 1.82) is 0 Å². The van der Waals surface area contributed by atoms with Crippen molar-refractivity contribution in [1.82, 2.24) is 9.97 Å². The number of carbonyl (C=O) groups excluding carboxylic acids is 2. The number of nitrogens with zero attached hydrogens (tertiary/aromatic N) is 1. The minimum absolute atomic E-state index is 0.182. The van der Waals surface area contributed by atoms with Gasteiger partial charge in [0.15, 0.2) is 0 Å². The lowest BCUT2D eigenvalue weighted by Crippen LogP contribution is -2.12. The number of aromatic amines is 1. The number of aromatic nitrogens is 2. The molecular weight excluding hydrogens is 366 g/mol. The molecule has 4 rings (SSSR count). The van der Waals surface area contributed by atoms with Gasteiger partial charge in [-0.15, -0.1) is 0 Å². The molecule has 0 aliphatic carbocycles. The lowest BCUT2D eigenvalue weighted by atomic mass is 10.0. The highest BCUT2D eigenvalue weighted by Gasteiger charge is 2.13. The van der Waals surface area contributed by atoms with Gasteiger partial charge in [0.1, 0.15) is 5.65 Å². The zero-order valence-electron chi connectivity index (χ0n) is 15.3. The van der Waals surface area contributed by atoms with Gasteiger partial charge in [0, 0.05) is 28.8 Å². The van der Waals surface area contributed by atoms with E-state index in [2.05, 4.69) is 9.97 Å². The molecule has 6 nitrogen and oxygen atoms in total. The Morgan fingerprint density at radius 1 is 0.897 bits per heavy atom. The first-order valence-corrected chi connectivity index (χ1v) is 8.94. The average Bonchev–Trinajstić information content (AvgIpc) is 3.15. The quantitative estimate of drug-likeness (QED) is 0.404. The number of hydrogen-bond acceptors (Lipinski definition) is 4. The molecule has 0 fully saturated rings. The van der Waals surface area contributed by atoms with Crippen LogP contribution in [0.2, 0.25) is 0 Å². The number of H-pyrrole nitrogens is 1. The van der Waals surface area contributed by atoms with Crippen LogP contribution >= 0.6 is 0 Å². The lowest BCUT2D eigenvalue weighted by Gasteiger charge is -2.04. The van der Waals surface area contributed by atoms with Gasteiger partial charge >= 0.3 is 5.97 Å². The van der Waals surface area contributed by atoms with E-state index in [4.69, 9.17) is 10.5 Å². The number of ether oxygens (including phenoxy) is 1. The van der Waals surface area contributed by atoms with Crippen LogP contribution in [0.1, 0.15) is 21.5 Å². The van der Waals surface area contributed by atoms with Crippen molar-refractivity contribution in [3.05, 3.63) is 95.7 Å². The molecule has 0 unspecified atom stereocenters. The van der Waals surface area contributed by atoms with Gasteiger partial charge in [-0.2, -0.15) is 4.98 Å². The van der Waals surface area contributed by atoms with E-state index in [-0.39, 0.29) is 5.88 Å². The Kier molecular flexibility index (Phi) is 4.90. The molecule has 0 saturated heterocycles. The molecule has 2 aromatic carbocycles. The number of primary amides is 1. The Bertz CT molecular complexity index is 1210. The number of rotatable bonds is 5. The molecule has 4 aromatic rings. The number of amides is 1. The number of esters is 1. The first-order chi connectivity index (χ1) is 14.1. The molecule has 0 aliphatic rings. The van der Waals surface area contributed by atoms with Crippen LogP contribution in [-0.2, 0) is 4.79 Å². The largest absolute Gasteiger partial charge is 0.404 e. The summed E-state index contributed by atoms with van der Waals surface area (Å²) in [5.41, 5.74) is 8.43. The van der Waals surface area contributed by atoms with E-state index in [0.29, 0.717) is 16.8 Å². The third-order valence-corrected chi connectivity index (χ3v) is 4.40. The van der Waals surface area contributed by atoms with Gasteiger partial charge in [-0.05, 0) is 29.8 Å². The second kappa shape index (κ2) is 7.82. The number of benzene rings is 2. The lowest BCUT2D eigenvalue weighted by molar-refractivity contribution is -0.112. The molecule has 1 amide bonds. The standard InChI is InChI=1S/C23H17N3O3/c24-21(27)19(15-7-3-1-4-8-15)13-17-14-25-22-18(17)11-12-20(26-22)29-23(28)16-9-5-2-6-10-16/h1-14H,(H2,24,27)(H,25,26)/b19-13-. The molecule has 29 heavy (non-hydrogen) atoms. The van der Waals surface area contributed by atoms with Gasteiger partial charge in [0.25, 0.3) is 0 Å². The highest BCUT2D eigenvalue weighted by Crippen LogP contribution is 2.25. The molecule has 0 bridgehead atoms. The zero-order chi connectivity index (χ0) is 20.2. The van der Waals surface area contributed by atoms with Crippen LogP contribution in [0, 0.1) is 0 Å². The predicted molar refractivity (Wildman–Crippen MR) is 111 cm³/mol. The Morgan fingerprint density at radius 3 is 2.21 bits per heavy atom. The summed E-state index contributed by atoms with van der Waals surface area (Å²) in [5, 5.41) is 0.777. The van der Waals surface area contributed by atoms with Crippen LogP contribution in [0.25, 0.3) is 22.7 Å². The van der Waals surface area contributed by atoms with Crippen molar-refractivity contribution in [3.63, 3.8) is 0 Å². The van der Waals surface area contributed by atoms with Crippen LogP contribution in [-0.4, -0.2) is 21.8 Å². The smallest absolute Gasteiger partial charge is 0.344 e. The van der Waals surface area contributed by atoms with Crippen molar-refractivity contribution < 1.29 is 14.3 Å². The average molecular weight is 383 g/mol. The molecule has 142 valence electrons. The summed E-state index contributed by atoms with van der Waals surface area (Å²) < 4.78 is 5.35. The van der Waals surface area contributed by atoms with E-state index in [0.717, 1.165) is 16.5 Å². The Morgan fingerprint density at radius 2 is 1.55 bits per heavy atom. The van der Waals surface area contributed by atoms with Gasteiger partial charge < -0.3 is 15.5 Å². The van der Waals surface area contributed by atoms with Crippen molar-refractivity contribution in [2.24, 2.45) is 5.73 Å². The normalized spacial score (nSPS) is 11.4. The first kappa shape index (κ1) is 18.2. The van der Waals surface area contributed by atoms with Gasteiger partial charge in [0.2, 0.25) is 11.8 Å². The molecule has 0 saturated carbocycles. The summed E-state index contributed by atoms with van der Waals surface area (Å²) in [6.45, 7) is 0. The fourth-order valence-corrected chi connectivity index (χ4v) is 2.98. The molecule has 2 heterocycles. The summed E-state index contributed by atoms with van der Waals surface area (Å²) in [4.78, 5) is 31.5. The summed E-state index contributed by atoms with van der Waals surface area (Å²) in [6.07, 6.45) is 3.44. The number of nitrogens with one attached hydrogen (secondary N) is 1. The van der Waals surface area contributed by atoms with Crippen molar-refractivity contribution in [2.75, 3.05) is 0 Å². The van der Waals surface area contributed by atoms with Crippen LogP contribution < -0.4 is 10.5 Å². The maximum atomic E-state index is 12.2. The summed E-state index contributed by atoms with van der Waals surface area (Å²) in [7, 11) is 0. The molecule has 0 spiro atoms. The SMILES string of the molecule is NC(=O)/C(=C\c1c[nH]c2nc(OC(=O)c3ccccc3)ccc12)c1ccccc1. The number of pyridine rings is 1. The zero-order valence-corrected chi connectivity index (χ0v) is 15.3.